The standard InChI is InChI=1S/C16H18N4O2/c1-20(2)15-13(11-17-16(19-15)22-3)18-14(21)10-9-12-7-5-4-6-8-12/h4-11H,1-3H3,(H,18,21). The Kier molecular flexibility index (Phi) is 5.08. The predicted molar refractivity (Wildman–Crippen MR) is 87.0 cm³/mol. The molecule has 0 saturated heterocycles. The molecule has 0 spiro atoms. The van der Waals surface area contributed by atoms with E-state index in [1.54, 1.807) is 11.0 Å². The summed E-state index contributed by atoms with van der Waals surface area (Å²) in [5.41, 5.74) is 1.48. The molecular formula is C16H18N4O2. The number of nitrogens with one attached hydrogen (secondary N) is 1. The Morgan fingerprint density at radius 1 is 1.27 bits per heavy atom. The summed E-state index contributed by atoms with van der Waals surface area (Å²) in [6.07, 6.45) is 4.74. The van der Waals surface area contributed by atoms with Crippen molar-refractivity contribution in [2.45, 2.75) is 0 Å². The van der Waals surface area contributed by atoms with E-state index in [2.05, 4.69) is 15.3 Å². The highest BCUT2D eigenvalue weighted by atomic mass is 16.5. The lowest BCUT2D eigenvalue weighted by Gasteiger charge is -2.16. The third-order valence-electron chi connectivity index (χ3n) is 2.84. The second-order valence-electron chi connectivity index (χ2n) is 4.72. The fourth-order valence-electron chi connectivity index (χ4n) is 1.80. The van der Waals surface area contributed by atoms with Crippen molar-refractivity contribution in [2.24, 2.45) is 0 Å². The molecular weight excluding hydrogens is 280 g/mol. The monoisotopic (exact) mass is 298 g/mol. The van der Waals surface area contributed by atoms with Crippen molar-refractivity contribution in [2.75, 3.05) is 31.4 Å². The number of carbonyl (C=O) groups excluding carboxylic acids is 1. The van der Waals surface area contributed by atoms with E-state index >= 15 is 0 Å². The Morgan fingerprint density at radius 3 is 2.64 bits per heavy atom. The van der Waals surface area contributed by atoms with Crippen LogP contribution < -0.4 is 15.0 Å². The summed E-state index contributed by atoms with van der Waals surface area (Å²) in [6.45, 7) is 0. The van der Waals surface area contributed by atoms with Crippen LogP contribution in [0.2, 0.25) is 0 Å². The Morgan fingerprint density at radius 2 is 2.00 bits per heavy atom. The minimum atomic E-state index is -0.249. The Hall–Kier alpha value is -2.89. The molecule has 0 saturated carbocycles. The van der Waals surface area contributed by atoms with E-state index in [9.17, 15) is 4.79 Å². The second kappa shape index (κ2) is 7.21. The third kappa shape index (κ3) is 4.05. The van der Waals surface area contributed by atoms with Crippen LogP contribution in [0.5, 0.6) is 6.01 Å². The Bertz CT molecular complexity index is 669. The average molecular weight is 298 g/mol. The summed E-state index contributed by atoms with van der Waals surface area (Å²) >= 11 is 0. The summed E-state index contributed by atoms with van der Waals surface area (Å²) in [6, 6.07) is 9.85. The van der Waals surface area contributed by atoms with Crippen LogP contribution in [0, 0.1) is 0 Å². The Labute approximate surface area is 129 Å². The molecule has 0 unspecified atom stereocenters. The summed E-state index contributed by atoms with van der Waals surface area (Å²) in [5, 5.41) is 2.77. The molecule has 0 aliphatic rings. The number of aromatic nitrogens is 2. The minimum absolute atomic E-state index is 0.249. The molecule has 0 aliphatic carbocycles. The van der Waals surface area contributed by atoms with Crippen LogP contribution in [-0.4, -0.2) is 37.1 Å². The number of methoxy groups -OCH3 is 1. The van der Waals surface area contributed by atoms with Crippen LogP contribution in [0.3, 0.4) is 0 Å². The lowest BCUT2D eigenvalue weighted by Crippen LogP contribution is -2.17. The maximum absolute atomic E-state index is 12.0. The highest BCUT2D eigenvalue weighted by molar-refractivity contribution is 6.03. The number of amides is 1. The van der Waals surface area contributed by atoms with Gasteiger partial charge < -0.3 is 15.0 Å². The highest BCUT2D eigenvalue weighted by Crippen LogP contribution is 2.22. The second-order valence-corrected chi connectivity index (χ2v) is 4.72. The average Bonchev–Trinajstić information content (AvgIpc) is 2.54. The van der Waals surface area contributed by atoms with E-state index in [0.29, 0.717) is 11.5 Å². The number of hydrogen-bond acceptors (Lipinski definition) is 5. The molecule has 2 rings (SSSR count). The van der Waals surface area contributed by atoms with Crippen molar-refractivity contribution in [1.29, 1.82) is 0 Å². The van der Waals surface area contributed by atoms with Crippen LogP contribution in [0.15, 0.2) is 42.6 Å². The van der Waals surface area contributed by atoms with Gasteiger partial charge in [-0.05, 0) is 11.6 Å². The molecule has 6 heteroatoms. The third-order valence-corrected chi connectivity index (χ3v) is 2.84. The molecule has 1 N–H and O–H groups in total. The summed E-state index contributed by atoms with van der Waals surface area (Å²) in [4.78, 5) is 22.0. The van der Waals surface area contributed by atoms with Gasteiger partial charge in [0.1, 0.15) is 5.69 Å². The summed E-state index contributed by atoms with van der Waals surface area (Å²) in [7, 11) is 5.16. The molecule has 1 amide bonds. The quantitative estimate of drug-likeness (QED) is 0.857. The summed E-state index contributed by atoms with van der Waals surface area (Å²) < 4.78 is 4.99. The van der Waals surface area contributed by atoms with E-state index < -0.39 is 0 Å². The fourth-order valence-corrected chi connectivity index (χ4v) is 1.80. The molecule has 2 aromatic rings. The highest BCUT2D eigenvalue weighted by Gasteiger charge is 2.11. The van der Waals surface area contributed by atoms with Crippen molar-refractivity contribution in [3.8, 4) is 6.01 Å². The number of benzene rings is 1. The first kappa shape index (κ1) is 15.5. The van der Waals surface area contributed by atoms with Crippen LogP contribution >= 0.6 is 0 Å². The Balaban J connectivity index is 2.13. The first-order valence-corrected chi connectivity index (χ1v) is 6.72. The normalized spacial score (nSPS) is 10.5. The fraction of sp³-hybridized carbons (Fsp3) is 0.188. The molecule has 114 valence electrons. The van der Waals surface area contributed by atoms with Gasteiger partial charge in [-0.1, -0.05) is 30.3 Å². The van der Waals surface area contributed by atoms with Crippen LogP contribution in [0.1, 0.15) is 5.56 Å². The molecule has 0 bridgehead atoms. The topological polar surface area (TPSA) is 67.3 Å². The molecule has 6 nitrogen and oxygen atoms in total. The maximum atomic E-state index is 12.0. The van der Waals surface area contributed by atoms with Gasteiger partial charge in [0, 0.05) is 20.2 Å². The maximum Gasteiger partial charge on any atom is 0.318 e. The zero-order valence-corrected chi connectivity index (χ0v) is 12.8. The molecule has 0 atom stereocenters. The van der Waals surface area contributed by atoms with Crippen molar-refractivity contribution >= 4 is 23.5 Å². The van der Waals surface area contributed by atoms with Gasteiger partial charge in [-0.15, -0.1) is 0 Å². The number of nitrogens with zero attached hydrogens (tertiary/aromatic N) is 3. The van der Waals surface area contributed by atoms with E-state index in [1.165, 1.54) is 19.4 Å². The zero-order valence-electron chi connectivity index (χ0n) is 12.8. The molecule has 22 heavy (non-hydrogen) atoms. The van der Waals surface area contributed by atoms with Gasteiger partial charge in [0.2, 0.25) is 5.91 Å². The van der Waals surface area contributed by atoms with Gasteiger partial charge >= 0.3 is 6.01 Å². The van der Waals surface area contributed by atoms with E-state index in [4.69, 9.17) is 4.74 Å². The van der Waals surface area contributed by atoms with Crippen molar-refractivity contribution in [3.05, 3.63) is 48.2 Å². The largest absolute Gasteiger partial charge is 0.467 e. The molecule has 1 heterocycles. The first-order chi connectivity index (χ1) is 10.6. The van der Waals surface area contributed by atoms with Crippen LogP contribution in [0.25, 0.3) is 6.08 Å². The van der Waals surface area contributed by atoms with Gasteiger partial charge in [0.15, 0.2) is 5.82 Å². The zero-order chi connectivity index (χ0) is 15.9. The van der Waals surface area contributed by atoms with Crippen molar-refractivity contribution < 1.29 is 9.53 Å². The number of anilines is 2. The number of hydrogen-bond donors (Lipinski definition) is 1. The lowest BCUT2D eigenvalue weighted by atomic mass is 10.2. The smallest absolute Gasteiger partial charge is 0.318 e. The van der Waals surface area contributed by atoms with Crippen LogP contribution in [0.4, 0.5) is 11.5 Å². The first-order valence-electron chi connectivity index (χ1n) is 6.72. The number of ether oxygens (including phenoxy) is 1. The van der Waals surface area contributed by atoms with Gasteiger partial charge in [-0.3, -0.25) is 4.79 Å². The molecule has 1 aromatic carbocycles. The van der Waals surface area contributed by atoms with Crippen LogP contribution in [-0.2, 0) is 4.79 Å². The molecule has 0 fully saturated rings. The van der Waals surface area contributed by atoms with Crippen molar-refractivity contribution in [3.63, 3.8) is 0 Å². The molecule has 1 aromatic heterocycles. The number of rotatable bonds is 5. The van der Waals surface area contributed by atoms with Gasteiger partial charge in [-0.2, -0.15) is 4.98 Å². The van der Waals surface area contributed by atoms with E-state index in [1.807, 2.05) is 44.4 Å². The summed E-state index contributed by atoms with van der Waals surface area (Å²) in [5.74, 6) is 0.328. The van der Waals surface area contributed by atoms with Gasteiger partial charge in [0.25, 0.3) is 0 Å². The number of carbonyl (C=O) groups is 1. The predicted octanol–water partition coefficient (Wildman–Crippen LogP) is 2.20. The SMILES string of the molecule is COc1ncc(NC(=O)C=Cc2ccccc2)c(N(C)C)n1. The van der Waals surface area contributed by atoms with Gasteiger partial charge in [-0.25, -0.2) is 4.98 Å². The van der Waals surface area contributed by atoms with Gasteiger partial charge in [0.05, 0.1) is 13.3 Å². The van der Waals surface area contributed by atoms with E-state index in [0.717, 1.165) is 5.56 Å². The minimum Gasteiger partial charge on any atom is -0.467 e. The van der Waals surface area contributed by atoms with E-state index in [-0.39, 0.29) is 11.9 Å². The lowest BCUT2D eigenvalue weighted by molar-refractivity contribution is -0.111. The molecule has 0 radical (unpaired) electrons. The molecule has 0 aliphatic heterocycles. The van der Waals surface area contributed by atoms with Crippen molar-refractivity contribution in [1.82, 2.24) is 9.97 Å².